The maximum absolute atomic E-state index is 12.8. The van der Waals surface area contributed by atoms with Crippen LogP contribution in [-0.4, -0.2) is 52.8 Å². The van der Waals surface area contributed by atoms with Crippen LogP contribution in [0.2, 0.25) is 10.0 Å². The number of piperazine rings is 1. The average molecular weight is 475 g/mol. The van der Waals surface area contributed by atoms with Crippen molar-refractivity contribution in [3.8, 4) is 0 Å². The number of aromatic nitrogens is 1. The Kier molecular flexibility index (Phi) is 6.87. The van der Waals surface area contributed by atoms with Crippen molar-refractivity contribution in [3.05, 3.63) is 80.8 Å². The lowest BCUT2D eigenvalue weighted by molar-refractivity contribution is 0.0623. The van der Waals surface area contributed by atoms with Crippen molar-refractivity contribution >= 4 is 51.5 Å². The maximum Gasteiger partial charge on any atom is 0.273 e. The molecule has 0 aliphatic carbocycles. The van der Waals surface area contributed by atoms with Crippen molar-refractivity contribution in [2.45, 2.75) is 6.54 Å². The number of thiazole rings is 1. The van der Waals surface area contributed by atoms with E-state index < -0.39 is 5.91 Å². The molecule has 1 fully saturated rings. The molecule has 0 spiro atoms. The van der Waals surface area contributed by atoms with Gasteiger partial charge in [0.05, 0.1) is 10.6 Å². The van der Waals surface area contributed by atoms with Gasteiger partial charge in [0, 0.05) is 43.1 Å². The van der Waals surface area contributed by atoms with Gasteiger partial charge in [-0.15, -0.1) is 11.3 Å². The zero-order valence-corrected chi connectivity index (χ0v) is 18.9. The van der Waals surface area contributed by atoms with Crippen molar-refractivity contribution in [3.63, 3.8) is 0 Å². The molecule has 2 amide bonds. The average Bonchev–Trinajstić information content (AvgIpc) is 3.23. The first-order valence-electron chi connectivity index (χ1n) is 9.77. The van der Waals surface area contributed by atoms with Gasteiger partial charge in [0.2, 0.25) is 0 Å². The van der Waals surface area contributed by atoms with E-state index in [1.807, 2.05) is 18.2 Å². The Hall–Kier alpha value is -2.45. The predicted molar refractivity (Wildman–Crippen MR) is 124 cm³/mol. The number of carbonyl (C=O) groups is 2. The Morgan fingerprint density at radius 3 is 2.48 bits per heavy atom. The van der Waals surface area contributed by atoms with E-state index >= 15 is 0 Å². The minimum absolute atomic E-state index is 0.124. The molecular weight excluding hydrogens is 455 g/mol. The van der Waals surface area contributed by atoms with E-state index in [0.717, 1.165) is 19.6 Å². The number of benzene rings is 2. The van der Waals surface area contributed by atoms with Crippen LogP contribution in [0.1, 0.15) is 26.4 Å². The summed E-state index contributed by atoms with van der Waals surface area (Å²) in [5.74, 6) is -0.523. The minimum atomic E-state index is -0.399. The fraction of sp³-hybridized carbons (Fsp3) is 0.227. The Bertz CT molecular complexity index is 1080. The molecule has 1 N–H and O–H groups in total. The third kappa shape index (κ3) is 5.43. The Labute approximate surface area is 194 Å². The minimum Gasteiger partial charge on any atom is -0.335 e. The number of halogens is 2. The van der Waals surface area contributed by atoms with Gasteiger partial charge >= 0.3 is 0 Å². The van der Waals surface area contributed by atoms with Crippen molar-refractivity contribution in [2.75, 3.05) is 31.5 Å². The van der Waals surface area contributed by atoms with Gasteiger partial charge in [0.1, 0.15) is 5.69 Å². The summed E-state index contributed by atoms with van der Waals surface area (Å²) in [5.41, 5.74) is 1.89. The first kappa shape index (κ1) is 21.8. The summed E-state index contributed by atoms with van der Waals surface area (Å²) < 4.78 is 0. The molecule has 0 unspecified atom stereocenters. The van der Waals surface area contributed by atoms with Crippen molar-refractivity contribution in [1.82, 2.24) is 14.8 Å². The highest BCUT2D eigenvalue weighted by atomic mass is 35.5. The molecule has 0 atom stereocenters. The van der Waals surface area contributed by atoms with Crippen LogP contribution in [0.4, 0.5) is 5.13 Å². The summed E-state index contributed by atoms with van der Waals surface area (Å²) in [7, 11) is 0. The smallest absolute Gasteiger partial charge is 0.273 e. The number of nitrogens with zero attached hydrogens (tertiary/aromatic N) is 3. The van der Waals surface area contributed by atoms with E-state index in [1.165, 1.54) is 23.0 Å². The molecule has 160 valence electrons. The molecule has 2 heterocycles. The zero-order chi connectivity index (χ0) is 21.8. The largest absolute Gasteiger partial charge is 0.335 e. The number of hydrogen-bond acceptors (Lipinski definition) is 5. The Morgan fingerprint density at radius 1 is 1.03 bits per heavy atom. The molecule has 1 aromatic heterocycles. The summed E-state index contributed by atoms with van der Waals surface area (Å²) in [4.78, 5) is 33.7. The maximum atomic E-state index is 12.8. The number of anilines is 1. The van der Waals surface area contributed by atoms with E-state index in [2.05, 4.69) is 27.3 Å². The lowest BCUT2D eigenvalue weighted by Crippen LogP contribution is -2.48. The van der Waals surface area contributed by atoms with Gasteiger partial charge < -0.3 is 4.90 Å². The molecule has 9 heteroatoms. The predicted octanol–water partition coefficient (Wildman–Crippen LogP) is 4.66. The van der Waals surface area contributed by atoms with E-state index in [1.54, 1.807) is 22.4 Å². The molecule has 0 bridgehead atoms. The van der Waals surface area contributed by atoms with Gasteiger partial charge in [-0.1, -0.05) is 53.5 Å². The molecule has 31 heavy (non-hydrogen) atoms. The van der Waals surface area contributed by atoms with Crippen LogP contribution in [0.15, 0.2) is 53.9 Å². The summed E-state index contributed by atoms with van der Waals surface area (Å²) in [5, 5.41) is 5.41. The van der Waals surface area contributed by atoms with Crippen molar-refractivity contribution in [1.29, 1.82) is 0 Å². The van der Waals surface area contributed by atoms with Gasteiger partial charge in [-0.3, -0.25) is 19.8 Å². The van der Waals surface area contributed by atoms with Crippen LogP contribution in [0.5, 0.6) is 0 Å². The third-order valence-corrected chi connectivity index (χ3v) is 6.33. The molecule has 0 saturated carbocycles. The normalized spacial score (nSPS) is 14.5. The Morgan fingerprint density at radius 2 is 1.77 bits per heavy atom. The second kappa shape index (κ2) is 9.78. The van der Waals surface area contributed by atoms with E-state index in [0.29, 0.717) is 34.5 Å². The summed E-state index contributed by atoms with van der Waals surface area (Å²) in [6, 6.07) is 15.0. The lowest BCUT2D eigenvalue weighted by Gasteiger charge is -2.34. The zero-order valence-electron chi connectivity index (χ0n) is 16.6. The quantitative estimate of drug-likeness (QED) is 0.583. The van der Waals surface area contributed by atoms with Crippen molar-refractivity contribution < 1.29 is 9.59 Å². The number of carbonyl (C=O) groups excluding carboxylic acids is 2. The molecule has 6 nitrogen and oxygen atoms in total. The van der Waals surface area contributed by atoms with Gasteiger partial charge in [0.15, 0.2) is 5.13 Å². The number of nitrogens with one attached hydrogen (secondary N) is 1. The Balaban J connectivity index is 1.32. The van der Waals surface area contributed by atoms with Crippen LogP contribution < -0.4 is 5.32 Å². The SMILES string of the molecule is O=C(Nc1nc(C(=O)N2CCN(Cc3ccccc3)CC2)cs1)c1ccc(Cl)cc1Cl. The molecule has 3 aromatic rings. The van der Waals surface area contributed by atoms with Gasteiger partial charge in [0.25, 0.3) is 11.8 Å². The standard InChI is InChI=1S/C22H20Cl2N4O2S/c23-16-6-7-17(18(24)12-16)20(29)26-22-25-19(14-31-22)21(30)28-10-8-27(9-11-28)13-15-4-2-1-3-5-15/h1-7,12,14H,8-11,13H2,(H,25,26,29). The van der Waals surface area contributed by atoms with E-state index in [9.17, 15) is 9.59 Å². The highest BCUT2D eigenvalue weighted by Gasteiger charge is 2.24. The summed E-state index contributed by atoms with van der Waals surface area (Å²) in [6.45, 7) is 3.78. The van der Waals surface area contributed by atoms with Crippen LogP contribution in [0.3, 0.4) is 0 Å². The van der Waals surface area contributed by atoms with E-state index in [-0.39, 0.29) is 10.9 Å². The third-order valence-electron chi connectivity index (χ3n) is 5.03. The number of rotatable bonds is 5. The monoisotopic (exact) mass is 474 g/mol. The highest BCUT2D eigenvalue weighted by molar-refractivity contribution is 7.14. The van der Waals surface area contributed by atoms with Gasteiger partial charge in [-0.05, 0) is 23.8 Å². The van der Waals surface area contributed by atoms with Gasteiger partial charge in [-0.25, -0.2) is 4.98 Å². The molecule has 1 aliphatic rings. The van der Waals surface area contributed by atoms with Crippen LogP contribution in [-0.2, 0) is 6.54 Å². The second-order valence-corrected chi connectivity index (χ2v) is 8.87. The van der Waals surface area contributed by atoms with E-state index in [4.69, 9.17) is 23.2 Å². The summed E-state index contributed by atoms with van der Waals surface area (Å²) >= 11 is 13.2. The summed E-state index contributed by atoms with van der Waals surface area (Å²) in [6.07, 6.45) is 0. The van der Waals surface area contributed by atoms with Crippen LogP contribution in [0.25, 0.3) is 0 Å². The molecule has 1 aliphatic heterocycles. The topological polar surface area (TPSA) is 65.5 Å². The molecule has 0 radical (unpaired) electrons. The number of hydrogen-bond donors (Lipinski definition) is 1. The molecule has 2 aromatic carbocycles. The van der Waals surface area contributed by atoms with Crippen LogP contribution in [0, 0.1) is 0 Å². The number of amides is 2. The van der Waals surface area contributed by atoms with Crippen LogP contribution >= 0.6 is 34.5 Å². The molecular formula is C22H20Cl2N4O2S. The highest BCUT2D eigenvalue weighted by Crippen LogP contribution is 2.23. The fourth-order valence-electron chi connectivity index (χ4n) is 3.38. The van der Waals surface area contributed by atoms with Gasteiger partial charge in [-0.2, -0.15) is 0 Å². The molecule has 4 rings (SSSR count). The fourth-order valence-corrected chi connectivity index (χ4v) is 4.55. The second-order valence-electron chi connectivity index (χ2n) is 7.17. The first-order valence-corrected chi connectivity index (χ1v) is 11.4. The van der Waals surface area contributed by atoms with Crippen molar-refractivity contribution in [2.24, 2.45) is 0 Å². The lowest BCUT2D eigenvalue weighted by atomic mass is 10.2. The first-order chi connectivity index (χ1) is 15.0. The molecule has 1 saturated heterocycles.